The van der Waals surface area contributed by atoms with E-state index in [1.165, 1.54) is 12.8 Å². The van der Waals surface area contributed by atoms with E-state index in [-0.39, 0.29) is 0 Å². The topological polar surface area (TPSA) is 56.3 Å². The number of nitrogens with zero attached hydrogens (tertiary/aromatic N) is 2. The second-order valence-electron chi connectivity index (χ2n) is 4.47. The SMILES string of the molecule is COc1cc(OC)nc(NCC(C)C2CC2)n1. The van der Waals surface area contributed by atoms with E-state index in [9.17, 15) is 0 Å². The third kappa shape index (κ3) is 3.22. The monoisotopic (exact) mass is 237 g/mol. The third-order valence-electron chi connectivity index (χ3n) is 3.11. The molecule has 0 amide bonds. The Morgan fingerprint density at radius 2 is 1.88 bits per heavy atom. The van der Waals surface area contributed by atoms with Crippen molar-refractivity contribution in [2.75, 3.05) is 26.1 Å². The second-order valence-corrected chi connectivity index (χ2v) is 4.47. The minimum atomic E-state index is 0.512. The van der Waals surface area contributed by atoms with Gasteiger partial charge in [0.05, 0.1) is 20.3 Å². The van der Waals surface area contributed by atoms with E-state index < -0.39 is 0 Å². The molecule has 5 nitrogen and oxygen atoms in total. The molecular formula is C12H19N3O2. The van der Waals surface area contributed by atoms with Gasteiger partial charge in [0.2, 0.25) is 17.7 Å². The van der Waals surface area contributed by atoms with Crippen molar-refractivity contribution in [3.8, 4) is 11.8 Å². The van der Waals surface area contributed by atoms with Gasteiger partial charge in [0.15, 0.2) is 0 Å². The van der Waals surface area contributed by atoms with Gasteiger partial charge in [-0.05, 0) is 24.7 Å². The maximum absolute atomic E-state index is 5.09. The van der Waals surface area contributed by atoms with Crippen molar-refractivity contribution in [3.05, 3.63) is 6.07 Å². The van der Waals surface area contributed by atoms with Crippen LogP contribution in [0.2, 0.25) is 0 Å². The Kier molecular flexibility index (Phi) is 3.66. The molecule has 1 unspecified atom stereocenters. The molecule has 1 saturated carbocycles. The van der Waals surface area contributed by atoms with Crippen LogP contribution in [-0.4, -0.2) is 30.7 Å². The van der Waals surface area contributed by atoms with Crippen LogP contribution in [-0.2, 0) is 0 Å². The second kappa shape index (κ2) is 5.21. The van der Waals surface area contributed by atoms with Crippen LogP contribution < -0.4 is 14.8 Å². The fraction of sp³-hybridized carbons (Fsp3) is 0.667. The highest BCUT2D eigenvalue weighted by Crippen LogP contribution is 2.36. The number of aromatic nitrogens is 2. The summed E-state index contributed by atoms with van der Waals surface area (Å²) in [6, 6.07) is 1.66. The van der Waals surface area contributed by atoms with Crippen LogP contribution in [0.25, 0.3) is 0 Å². The minimum absolute atomic E-state index is 0.512. The number of hydrogen-bond donors (Lipinski definition) is 1. The summed E-state index contributed by atoms with van der Waals surface area (Å²) in [5.41, 5.74) is 0. The van der Waals surface area contributed by atoms with Crippen molar-refractivity contribution >= 4 is 5.95 Å². The summed E-state index contributed by atoms with van der Waals surface area (Å²) in [6.45, 7) is 3.14. The molecule has 1 aromatic heterocycles. The predicted molar refractivity (Wildman–Crippen MR) is 65.5 cm³/mol. The summed E-state index contributed by atoms with van der Waals surface area (Å²) in [5, 5.41) is 3.23. The molecule has 1 atom stereocenters. The van der Waals surface area contributed by atoms with Gasteiger partial charge in [-0.15, -0.1) is 0 Å². The Hall–Kier alpha value is -1.52. The lowest BCUT2D eigenvalue weighted by Gasteiger charge is -2.12. The summed E-state index contributed by atoms with van der Waals surface area (Å²) in [7, 11) is 3.16. The average Bonchev–Trinajstić information content (AvgIpc) is 3.19. The van der Waals surface area contributed by atoms with Crippen LogP contribution in [0.15, 0.2) is 6.07 Å². The smallest absolute Gasteiger partial charge is 0.229 e. The van der Waals surface area contributed by atoms with Crippen molar-refractivity contribution in [3.63, 3.8) is 0 Å². The van der Waals surface area contributed by atoms with Gasteiger partial charge in [-0.3, -0.25) is 0 Å². The standard InChI is InChI=1S/C12H19N3O2/c1-8(9-4-5-9)7-13-12-14-10(16-2)6-11(15-12)17-3/h6,8-9H,4-5,7H2,1-3H3,(H,13,14,15). The van der Waals surface area contributed by atoms with Crippen LogP contribution >= 0.6 is 0 Å². The number of hydrogen-bond acceptors (Lipinski definition) is 5. The highest BCUT2D eigenvalue weighted by Gasteiger charge is 2.27. The molecule has 94 valence electrons. The van der Waals surface area contributed by atoms with E-state index in [1.807, 2.05) is 0 Å². The summed E-state index contributed by atoms with van der Waals surface area (Å²) in [4.78, 5) is 8.45. The molecule has 0 bridgehead atoms. The minimum Gasteiger partial charge on any atom is -0.481 e. The van der Waals surface area contributed by atoms with Crippen molar-refractivity contribution in [1.82, 2.24) is 9.97 Å². The average molecular weight is 237 g/mol. The Labute approximate surface area is 102 Å². The van der Waals surface area contributed by atoms with Gasteiger partial charge in [-0.2, -0.15) is 9.97 Å². The lowest BCUT2D eigenvalue weighted by atomic mass is 10.1. The molecule has 0 radical (unpaired) electrons. The number of methoxy groups -OCH3 is 2. The summed E-state index contributed by atoms with van der Waals surface area (Å²) >= 11 is 0. The molecule has 0 saturated heterocycles. The van der Waals surface area contributed by atoms with Crippen LogP contribution in [0.3, 0.4) is 0 Å². The van der Waals surface area contributed by atoms with Crippen molar-refractivity contribution in [1.29, 1.82) is 0 Å². The molecule has 0 spiro atoms. The predicted octanol–water partition coefficient (Wildman–Crippen LogP) is 1.95. The first-order chi connectivity index (χ1) is 8.22. The fourth-order valence-corrected chi connectivity index (χ4v) is 1.78. The van der Waals surface area contributed by atoms with Gasteiger partial charge in [0.1, 0.15) is 0 Å². The van der Waals surface area contributed by atoms with Crippen LogP contribution in [0, 0.1) is 11.8 Å². The van der Waals surface area contributed by atoms with Crippen LogP contribution in [0.1, 0.15) is 19.8 Å². The molecular weight excluding hydrogens is 218 g/mol. The molecule has 0 aliphatic heterocycles. The van der Waals surface area contributed by atoms with E-state index in [0.29, 0.717) is 23.6 Å². The van der Waals surface area contributed by atoms with Gasteiger partial charge in [0.25, 0.3) is 0 Å². The van der Waals surface area contributed by atoms with E-state index >= 15 is 0 Å². The number of anilines is 1. The largest absolute Gasteiger partial charge is 0.481 e. The van der Waals surface area contributed by atoms with E-state index in [2.05, 4.69) is 22.2 Å². The Morgan fingerprint density at radius 3 is 2.35 bits per heavy atom. The molecule has 1 aromatic rings. The maximum atomic E-state index is 5.09. The first-order valence-corrected chi connectivity index (χ1v) is 5.94. The lowest BCUT2D eigenvalue weighted by molar-refractivity contribution is 0.372. The Bertz CT molecular complexity index is 358. The van der Waals surface area contributed by atoms with Crippen LogP contribution in [0.4, 0.5) is 5.95 Å². The van der Waals surface area contributed by atoms with Gasteiger partial charge in [-0.25, -0.2) is 0 Å². The molecule has 1 heterocycles. The molecule has 1 N–H and O–H groups in total. The van der Waals surface area contributed by atoms with Gasteiger partial charge < -0.3 is 14.8 Å². The molecule has 0 aromatic carbocycles. The Balaban J connectivity index is 1.98. The normalized spacial score (nSPS) is 16.4. The summed E-state index contributed by atoms with van der Waals surface area (Å²) in [6.07, 6.45) is 2.70. The lowest BCUT2D eigenvalue weighted by Crippen LogP contribution is -2.15. The van der Waals surface area contributed by atoms with Crippen molar-refractivity contribution < 1.29 is 9.47 Å². The quantitative estimate of drug-likeness (QED) is 0.819. The molecule has 17 heavy (non-hydrogen) atoms. The molecule has 1 fully saturated rings. The van der Waals surface area contributed by atoms with Crippen molar-refractivity contribution in [2.45, 2.75) is 19.8 Å². The highest BCUT2D eigenvalue weighted by atomic mass is 16.5. The van der Waals surface area contributed by atoms with E-state index in [1.54, 1.807) is 20.3 Å². The van der Waals surface area contributed by atoms with Crippen molar-refractivity contribution in [2.24, 2.45) is 11.8 Å². The van der Waals surface area contributed by atoms with E-state index in [0.717, 1.165) is 12.5 Å². The Morgan fingerprint density at radius 1 is 1.29 bits per heavy atom. The molecule has 2 rings (SSSR count). The zero-order valence-electron chi connectivity index (χ0n) is 10.6. The molecule has 5 heteroatoms. The summed E-state index contributed by atoms with van der Waals surface area (Å²) < 4.78 is 10.2. The first kappa shape index (κ1) is 12.0. The van der Waals surface area contributed by atoms with Gasteiger partial charge in [-0.1, -0.05) is 6.92 Å². The van der Waals surface area contributed by atoms with Crippen LogP contribution in [0.5, 0.6) is 11.8 Å². The first-order valence-electron chi connectivity index (χ1n) is 5.94. The maximum Gasteiger partial charge on any atom is 0.229 e. The number of ether oxygens (including phenoxy) is 2. The van der Waals surface area contributed by atoms with Gasteiger partial charge >= 0.3 is 0 Å². The highest BCUT2D eigenvalue weighted by molar-refractivity contribution is 5.33. The third-order valence-corrected chi connectivity index (χ3v) is 3.11. The zero-order valence-corrected chi connectivity index (χ0v) is 10.6. The fourth-order valence-electron chi connectivity index (χ4n) is 1.78. The number of rotatable bonds is 6. The number of nitrogens with one attached hydrogen (secondary N) is 1. The molecule has 1 aliphatic rings. The summed E-state index contributed by atoms with van der Waals surface area (Å²) in [5.74, 6) is 3.12. The molecule has 1 aliphatic carbocycles. The van der Waals surface area contributed by atoms with E-state index in [4.69, 9.17) is 9.47 Å². The van der Waals surface area contributed by atoms with Gasteiger partial charge in [0, 0.05) is 6.54 Å². The zero-order chi connectivity index (χ0) is 12.3.